The Hall–Kier alpha value is -2.94. The van der Waals surface area contributed by atoms with Crippen LogP contribution >= 0.6 is 0 Å². The summed E-state index contributed by atoms with van der Waals surface area (Å²) in [5.74, 6) is 0.766. The van der Waals surface area contributed by atoms with E-state index in [1.54, 1.807) is 0 Å². The Morgan fingerprint density at radius 2 is 1.75 bits per heavy atom. The molecule has 0 fully saturated rings. The number of aromatic nitrogens is 2. The van der Waals surface area contributed by atoms with Crippen molar-refractivity contribution in [2.75, 3.05) is 4.90 Å². The number of nitrogens with zero attached hydrogens (tertiary/aromatic N) is 3. The van der Waals surface area contributed by atoms with Gasteiger partial charge in [0, 0.05) is 17.9 Å². The summed E-state index contributed by atoms with van der Waals surface area (Å²) in [6.45, 7) is 2.22. The van der Waals surface area contributed by atoms with Crippen molar-refractivity contribution in [3.8, 4) is 0 Å². The predicted octanol–water partition coefficient (Wildman–Crippen LogP) is 4.73. The zero-order valence-electron chi connectivity index (χ0n) is 13.6. The van der Waals surface area contributed by atoms with Crippen molar-refractivity contribution in [3.63, 3.8) is 0 Å². The van der Waals surface area contributed by atoms with E-state index in [0.29, 0.717) is 6.04 Å². The van der Waals surface area contributed by atoms with Gasteiger partial charge in [0.1, 0.15) is 0 Å². The Kier molecular flexibility index (Phi) is 3.83. The molecular weight excluding hydrogens is 294 g/mol. The Balaban J connectivity index is 1.65. The Bertz CT molecular complexity index is 871. The third kappa shape index (κ3) is 2.81. The maximum absolute atomic E-state index is 4.75. The van der Waals surface area contributed by atoms with Gasteiger partial charge in [0.25, 0.3) is 0 Å². The van der Waals surface area contributed by atoms with Gasteiger partial charge in [0.2, 0.25) is 5.95 Å². The molecule has 2 heterocycles. The van der Waals surface area contributed by atoms with Gasteiger partial charge in [-0.05, 0) is 42.7 Å². The van der Waals surface area contributed by atoms with E-state index in [0.717, 1.165) is 23.6 Å². The van der Waals surface area contributed by atoms with Crippen molar-refractivity contribution in [2.45, 2.75) is 19.4 Å². The zero-order chi connectivity index (χ0) is 16.4. The summed E-state index contributed by atoms with van der Waals surface area (Å²) in [5, 5.41) is 0. The minimum atomic E-state index is 0.371. The molecule has 3 nitrogen and oxygen atoms in total. The second-order valence-electron chi connectivity index (χ2n) is 6.08. The highest BCUT2D eigenvalue weighted by Crippen LogP contribution is 2.36. The Labute approximate surface area is 142 Å². The molecule has 1 aromatic heterocycles. The molecule has 0 aliphatic carbocycles. The molecule has 1 aliphatic rings. The fraction of sp³-hybridized carbons (Fsp3) is 0.143. The number of para-hydroxylation sites is 1. The minimum absolute atomic E-state index is 0.371. The normalized spacial score (nSPS) is 16.5. The number of anilines is 2. The number of rotatable bonds is 3. The molecule has 0 radical (unpaired) electrons. The lowest BCUT2D eigenvalue weighted by atomic mass is 10.1. The van der Waals surface area contributed by atoms with E-state index < -0.39 is 0 Å². The van der Waals surface area contributed by atoms with Crippen LogP contribution < -0.4 is 4.90 Å². The molecule has 1 unspecified atom stereocenters. The van der Waals surface area contributed by atoms with Crippen molar-refractivity contribution < 1.29 is 0 Å². The first-order valence-corrected chi connectivity index (χ1v) is 8.24. The molecule has 118 valence electrons. The van der Waals surface area contributed by atoms with Crippen LogP contribution in [0.5, 0.6) is 0 Å². The Morgan fingerprint density at radius 1 is 0.958 bits per heavy atom. The number of fused-ring (bicyclic) bond motifs is 1. The first-order valence-electron chi connectivity index (χ1n) is 8.24. The van der Waals surface area contributed by atoms with Crippen LogP contribution in [0.25, 0.3) is 12.2 Å². The van der Waals surface area contributed by atoms with Crippen LogP contribution in [-0.4, -0.2) is 16.0 Å². The van der Waals surface area contributed by atoms with Gasteiger partial charge in [-0.1, -0.05) is 54.6 Å². The van der Waals surface area contributed by atoms with Crippen molar-refractivity contribution >= 4 is 23.8 Å². The maximum Gasteiger partial charge on any atom is 0.230 e. The van der Waals surface area contributed by atoms with E-state index in [9.17, 15) is 0 Å². The largest absolute Gasteiger partial charge is 0.307 e. The van der Waals surface area contributed by atoms with Crippen molar-refractivity contribution in [1.29, 1.82) is 0 Å². The quantitative estimate of drug-likeness (QED) is 0.700. The van der Waals surface area contributed by atoms with Crippen molar-refractivity contribution in [1.82, 2.24) is 9.97 Å². The summed E-state index contributed by atoms with van der Waals surface area (Å²) in [4.78, 5) is 11.5. The van der Waals surface area contributed by atoms with Gasteiger partial charge in [-0.25, -0.2) is 9.97 Å². The standard InChI is InChI=1S/C21H19N3/c1-16-15-18-9-5-6-10-20(18)24(16)21-22-14-13-19(23-21)12-11-17-7-3-2-4-8-17/h2-14,16H,15H2,1H3/b12-11+. The second kappa shape index (κ2) is 6.28. The summed E-state index contributed by atoms with van der Waals surface area (Å²) >= 11 is 0. The van der Waals surface area contributed by atoms with E-state index >= 15 is 0 Å². The van der Waals surface area contributed by atoms with Crippen LogP contribution in [0, 0.1) is 0 Å². The second-order valence-corrected chi connectivity index (χ2v) is 6.08. The van der Waals surface area contributed by atoms with E-state index in [1.807, 2.05) is 36.5 Å². The average molecular weight is 313 g/mol. The van der Waals surface area contributed by atoms with Gasteiger partial charge in [0.05, 0.1) is 5.69 Å². The molecule has 0 bridgehead atoms. The molecule has 3 aromatic rings. The van der Waals surface area contributed by atoms with E-state index in [1.165, 1.54) is 11.3 Å². The van der Waals surface area contributed by atoms with Crippen LogP contribution in [-0.2, 0) is 6.42 Å². The SMILES string of the molecule is CC1Cc2ccccc2N1c1nccc(/C=C/c2ccccc2)n1. The van der Waals surface area contributed by atoms with Crippen LogP contribution in [0.15, 0.2) is 66.9 Å². The fourth-order valence-electron chi connectivity index (χ4n) is 3.19. The summed E-state index contributed by atoms with van der Waals surface area (Å²) < 4.78 is 0. The van der Waals surface area contributed by atoms with E-state index in [2.05, 4.69) is 59.3 Å². The van der Waals surface area contributed by atoms with Gasteiger partial charge in [-0.2, -0.15) is 0 Å². The third-order valence-corrected chi connectivity index (χ3v) is 4.33. The minimum Gasteiger partial charge on any atom is -0.307 e. The molecule has 3 heteroatoms. The zero-order valence-corrected chi connectivity index (χ0v) is 13.6. The van der Waals surface area contributed by atoms with Crippen LogP contribution in [0.1, 0.15) is 23.7 Å². The van der Waals surface area contributed by atoms with Gasteiger partial charge < -0.3 is 4.90 Å². The van der Waals surface area contributed by atoms with Gasteiger partial charge in [-0.15, -0.1) is 0 Å². The number of hydrogen-bond donors (Lipinski definition) is 0. The van der Waals surface area contributed by atoms with Crippen LogP contribution in [0.4, 0.5) is 11.6 Å². The molecule has 0 amide bonds. The highest BCUT2D eigenvalue weighted by Gasteiger charge is 2.28. The van der Waals surface area contributed by atoms with Crippen molar-refractivity contribution in [3.05, 3.63) is 83.7 Å². The lowest BCUT2D eigenvalue weighted by Gasteiger charge is -2.22. The summed E-state index contributed by atoms with van der Waals surface area (Å²) in [6, 6.07) is 21.1. The lowest BCUT2D eigenvalue weighted by molar-refractivity contribution is 0.739. The first-order chi connectivity index (χ1) is 11.8. The molecular formula is C21H19N3. The van der Waals surface area contributed by atoms with Crippen molar-refractivity contribution in [2.24, 2.45) is 0 Å². The van der Waals surface area contributed by atoms with Crippen LogP contribution in [0.2, 0.25) is 0 Å². The van der Waals surface area contributed by atoms with E-state index in [-0.39, 0.29) is 0 Å². The molecule has 1 aliphatic heterocycles. The molecule has 24 heavy (non-hydrogen) atoms. The third-order valence-electron chi connectivity index (χ3n) is 4.33. The first kappa shape index (κ1) is 14.6. The topological polar surface area (TPSA) is 29.0 Å². The van der Waals surface area contributed by atoms with Gasteiger partial charge in [0.15, 0.2) is 0 Å². The molecule has 0 saturated heterocycles. The molecule has 1 atom stereocenters. The highest BCUT2D eigenvalue weighted by molar-refractivity contribution is 5.70. The number of benzene rings is 2. The lowest BCUT2D eigenvalue weighted by Crippen LogP contribution is -2.25. The van der Waals surface area contributed by atoms with Crippen LogP contribution in [0.3, 0.4) is 0 Å². The molecule has 2 aromatic carbocycles. The average Bonchev–Trinajstić information content (AvgIpc) is 2.97. The summed E-state index contributed by atoms with van der Waals surface area (Å²) in [7, 11) is 0. The van der Waals surface area contributed by atoms with E-state index in [4.69, 9.17) is 4.98 Å². The maximum atomic E-state index is 4.75. The fourth-order valence-corrected chi connectivity index (χ4v) is 3.19. The summed E-state index contributed by atoms with van der Waals surface area (Å²) in [5.41, 5.74) is 4.66. The highest BCUT2D eigenvalue weighted by atomic mass is 15.3. The molecule has 0 N–H and O–H groups in total. The van der Waals surface area contributed by atoms with Gasteiger partial charge in [-0.3, -0.25) is 0 Å². The number of hydrogen-bond acceptors (Lipinski definition) is 3. The molecule has 4 rings (SSSR count). The molecule has 0 spiro atoms. The Morgan fingerprint density at radius 3 is 2.62 bits per heavy atom. The monoisotopic (exact) mass is 313 g/mol. The molecule has 0 saturated carbocycles. The summed E-state index contributed by atoms with van der Waals surface area (Å²) in [6.07, 6.45) is 6.98. The van der Waals surface area contributed by atoms with Gasteiger partial charge >= 0.3 is 0 Å². The predicted molar refractivity (Wildman–Crippen MR) is 99.1 cm³/mol. The smallest absolute Gasteiger partial charge is 0.230 e.